The van der Waals surface area contributed by atoms with Gasteiger partial charge in [-0.25, -0.2) is 24.4 Å². The standard InChI is InChI=1S/C82H106N14O19S/c1-53(2)72(90-69(98)24-30-108-33-36-111-39-40-112-37-34-109-31-26-85-68(97)23-28-94-70(99)20-21-71(94)100)76(103)96(65(74(83)101)12-8-25-86-78(84)106)59-16-14-55(15-17-59)50-114-80(107)92(4)29-32-110-35-38-113-41-42-115-82-46-56-43-57(47-82)45-81(44-56,51-82)52-95-54(3)62(48-87-95)60-18-19-67(89-73(60)77(104)105)93-27-22-58-9-7-10-61(63(58)49-93)75(102)91-79-88-64-11-5-6-13-66(64)116-79/h5-7,9-11,13-21,48,53,56-57,65,72H,8,12,22-47,49-52H2,1-4H3,(H2,83,101)(H,85,97)(H,90,98)(H,104,105)(H3,84,86,106)(H,88,91,102)/t56?,57?,65-,72-,81?,82?/m0/s1. The molecule has 34 heteroatoms. The molecule has 2 aliphatic heterocycles. The Morgan fingerprint density at radius 1 is 0.724 bits per heavy atom. The molecule has 4 fully saturated rings. The van der Waals surface area contributed by atoms with Gasteiger partial charge < -0.3 is 80.2 Å². The number of imide groups is 1. The summed E-state index contributed by atoms with van der Waals surface area (Å²) in [5.41, 5.74) is 17.1. The van der Waals surface area contributed by atoms with Crippen molar-refractivity contribution in [3.05, 3.63) is 131 Å². The monoisotopic (exact) mass is 1620 g/mol. The summed E-state index contributed by atoms with van der Waals surface area (Å²) in [5, 5.41) is 27.1. The van der Waals surface area contributed by atoms with Crippen molar-refractivity contribution in [3.63, 3.8) is 0 Å². The van der Waals surface area contributed by atoms with Crippen LogP contribution in [0.25, 0.3) is 21.3 Å². The van der Waals surface area contributed by atoms with Gasteiger partial charge in [-0.05, 0) is 147 Å². The van der Waals surface area contributed by atoms with Gasteiger partial charge in [0.15, 0.2) is 10.8 Å². The number of carbonyl (C=O) groups excluding carboxylic acids is 9. The lowest BCUT2D eigenvalue weighted by Crippen LogP contribution is -2.58. The van der Waals surface area contributed by atoms with E-state index in [1.807, 2.05) is 71.1 Å². The number of pyridine rings is 1. The van der Waals surface area contributed by atoms with E-state index in [9.17, 15) is 53.1 Å². The minimum atomic E-state index is -1.21. The quantitative estimate of drug-likeness (QED) is 0.0154. The van der Waals surface area contributed by atoms with E-state index in [-0.39, 0.29) is 146 Å². The molecule has 4 saturated carbocycles. The van der Waals surface area contributed by atoms with Gasteiger partial charge in [0.25, 0.3) is 23.6 Å². The number of para-hydroxylation sites is 1. The number of carbonyl (C=O) groups is 10. The molecule has 12 rings (SSSR count). The van der Waals surface area contributed by atoms with E-state index in [2.05, 4.69) is 26.3 Å². The van der Waals surface area contributed by atoms with Crippen LogP contribution in [0.15, 0.2) is 97.2 Å². The molecule has 0 saturated heterocycles. The second kappa shape index (κ2) is 41.5. The number of ether oxygens (including phenoxy) is 8. The normalized spacial score (nSPS) is 18.5. The van der Waals surface area contributed by atoms with Gasteiger partial charge in [0.1, 0.15) is 24.5 Å². The number of thiazole rings is 1. The van der Waals surface area contributed by atoms with Crippen LogP contribution < -0.4 is 42.5 Å². The minimum Gasteiger partial charge on any atom is -0.476 e. The summed E-state index contributed by atoms with van der Waals surface area (Å²) in [6, 6.07) is 20.6. The summed E-state index contributed by atoms with van der Waals surface area (Å²) in [7, 11) is 1.59. The van der Waals surface area contributed by atoms with Crippen LogP contribution in [0.3, 0.4) is 0 Å². The minimum absolute atomic E-state index is 0.00336. The number of hydrogen-bond donors (Lipinski definition) is 7. The number of aromatic nitrogens is 4. The molecule has 6 aromatic rings. The van der Waals surface area contributed by atoms with E-state index in [4.69, 9.17) is 59.4 Å². The third-order valence-electron chi connectivity index (χ3n) is 21.6. The third kappa shape index (κ3) is 23.5. The van der Waals surface area contributed by atoms with Crippen LogP contribution in [0.4, 0.5) is 26.2 Å². The lowest BCUT2D eigenvalue weighted by Gasteiger charge is -2.61. The van der Waals surface area contributed by atoms with Crippen LogP contribution in [0.5, 0.6) is 0 Å². The molecule has 0 radical (unpaired) electrons. The van der Waals surface area contributed by atoms with Gasteiger partial charge in [-0.15, -0.1) is 0 Å². The van der Waals surface area contributed by atoms with E-state index in [0.717, 1.165) is 64.0 Å². The number of carboxylic acids is 1. The van der Waals surface area contributed by atoms with E-state index in [1.165, 1.54) is 39.7 Å². The van der Waals surface area contributed by atoms with E-state index in [1.54, 1.807) is 51.4 Å². The lowest BCUT2D eigenvalue weighted by molar-refractivity contribution is -0.201. The zero-order chi connectivity index (χ0) is 82.3. The summed E-state index contributed by atoms with van der Waals surface area (Å²) in [4.78, 5) is 143. The summed E-state index contributed by atoms with van der Waals surface area (Å²) in [6.45, 7) is 11.1. The van der Waals surface area contributed by atoms with Crippen LogP contribution in [0, 0.1) is 30.1 Å². The Bertz CT molecular complexity index is 4410. The first-order valence-electron chi connectivity index (χ1n) is 39.6. The molecule has 4 atom stereocenters. The topological polar surface area (TPSA) is 421 Å². The van der Waals surface area contributed by atoms with Crippen molar-refractivity contribution in [3.8, 4) is 11.1 Å². The van der Waals surface area contributed by atoms with E-state index < -0.39 is 65.6 Å². The van der Waals surface area contributed by atoms with Gasteiger partial charge in [-0.3, -0.25) is 53.4 Å². The van der Waals surface area contributed by atoms with Gasteiger partial charge in [0.2, 0.25) is 17.7 Å². The third-order valence-corrected chi connectivity index (χ3v) is 22.6. The van der Waals surface area contributed by atoms with Crippen molar-refractivity contribution in [1.82, 2.24) is 45.5 Å². The highest BCUT2D eigenvalue weighted by Crippen LogP contribution is 2.63. The molecular weight excluding hydrogens is 1520 g/mol. The summed E-state index contributed by atoms with van der Waals surface area (Å²) in [6.07, 6.45) is 10.5. The Morgan fingerprint density at radius 3 is 2.07 bits per heavy atom. The highest BCUT2D eigenvalue weighted by molar-refractivity contribution is 7.22. The number of likely N-dealkylation sites (N-methyl/N-ethyl adjacent to an activating group) is 1. The summed E-state index contributed by atoms with van der Waals surface area (Å²) < 4.78 is 49.4. The highest BCUT2D eigenvalue weighted by Gasteiger charge is 2.58. The van der Waals surface area contributed by atoms with Crippen LogP contribution in [-0.4, -0.2) is 237 Å². The molecule has 3 aromatic heterocycles. The number of carboxylic acid groups (broad SMARTS) is 1. The van der Waals surface area contributed by atoms with Crippen molar-refractivity contribution >= 4 is 97.6 Å². The number of fused-ring (bicyclic) bond motifs is 2. The second-order valence-corrected chi connectivity index (χ2v) is 31.4. The fourth-order valence-corrected chi connectivity index (χ4v) is 17.2. The van der Waals surface area contributed by atoms with Gasteiger partial charge >= 0.3 is 18.1 Å². The van der Waals surface area contributed by atoms with Crippen molar-refractivity contribution < 1.29 is 90.9 Å². The SMILES string of the molecule is Cc1c(-c2ccc(N3CCc4cccc(C(=O)Nc5nc6ccccc6s5)c4C3)nc2C(=O)O)cnn1CC12CC3CC(C1)CC(OCCOCCOCCN(C)C(=O)OCc1ccc(N(C(=O)[C@@H](NC(=O)CCOCCOCCOCCOCCNC(=O)CCN4C(=O)C=CC4=O)C(C)C)[C@@H](CCCNC(N)=O)C(N)=O)cc1)(C3)C2. The smallest absolute Gasteiger partial charge is 0.409 e. The number of urea groups is 1. The number of nitrogens with zero attached hydrogens (tertiary/aromatic N) is 8. The number of hydrogen-bond acceptors (Lipinski definition) is 23. The van der Waals surface area contributed by atoms with Crippen LogP contribution >= 0.6 is 11.3 Å². The van der Waals surface area contributed by atoms with Gasteiger partial charge in [0, 0.05) is 106 Å². The number of primary amides is 2. The molecule has 6 aliphatic rings. The average molecular weight is 1620 g/mol. The number of benzene rings is 3. The maximum atomic E-state index is 14.7. The number of aromatic carboxylic acids is 1. The van der Waals surface area contributed by atoms with Crippen molar-refractivity contribution in [2.75, 3.05) is 141 Å². The molecular formula is C82H106N14O19S. The molecule has 4 aliphatic carbocycles. The number of nitrogens with one attached hydrogen (secondary N) is 4. The maximum absolute atomic E-state index is 14.7. The van der Waals surface area contributed by atoms with Crippen molar-refractivity contribution in [2.45, 2.75) is 129 Å². The molecule has 5 heterocycles. The first-order chi connectivity index (χ1) is 55.9. The van der Waals surface area contributed by atoms with Crippen molar-refractivity contribution in [1.29, 1.82) is 0 Å². The number of rotatable bonds is 47. The maximum Gasteiger partial charge on any atom is 0.409 e. The van der Waals surface area contributed by atoms with Gasteiger partial charge in [0.05, 0.1) is 108 Å². The van der Waals surface area contributed by atoms with E-state index >= 15 is 0 Å². The Kier molecular flexibility index (Phi) is 30.9. The van der Waals surface area contributed by atoms with Crippen molar-refractivity contribution in [2.24, 2.45) is 34.6 Å². The first-order valence-corrected chi connectivity index (χ1v) is 40.4. The van der Waals surface area contributed by atoms with Crippen LogP contribution in [0.1, 0.15) is 121 Å². The lowest BCUT2D eigenvalue weighted by atomic mass is 9.48. The first kappa shape index (κ1) is 86.5. The predicted octanol–water partition coefficient (Wildman–Crippen LogP) is 6.70. The summed E-state index contributed by atoms with van der Waals surface area (Å²) >= 11 is 1.42. The average Bonchev–Trinajstić information content (AvgIpc) is 0.957. The fourth-order valence-electron chi connectivity index (χ4n) is 16.3. The largest absolute Gasteiger partial charge is 0.476 e. The zero-order valence-corrected chi connectivity index (χ0v) is 67.0. The Morgan fingerprint density at radius 2 is 1.40 bits per heavy atom. The van der Waals surface area contributed by atoms with E-state index in [0.29, 0.717) is 104 Å². The fraction of sp³-hybridized carbons (Fsp3) is 0.524. The summed E-state index contributed by atoms with van der Waals surface area (Å²) in [5.74, 6) is -3.39. The molecule has 2 unspecified atom stereocenters. The molecule has 3 aromatic carbocycles. The number of nitrogens with two attached hydrogens (primary N) is 2. The molecule has 4 bridgehead atoms. The van der Waals surface area contributed by atoms with Gasteiger partial charge in [-0.1, -0.05) is 61.6 Å². The molecule has 116 heavy (non-hydrogen) atoms. The molecule has 0 spiro atoms. The zero-order valence-electron chi connectivity index (χ0n) is 66.2. The molecule has 9 N–H and O–H groups in total. The Hall–Kier alpha value is -10.3. The van der Waals surface area contributed by atoms with Gasteiger partial charge in [-0.2, -0.15) is 5.10 Å². The highest BCUT2D eigenvalue weighted by atomic mass is 32.1. The van der Waals surface area contributed by atoms with Crippen LogP contribution in [0.2, 0.25) is 0 Å². The molecule has 624 valence electrons. The second-order valence-electron chi connectivity index (χ2n) is 30.4. The van der Waals surface area contributed by atoms with Crippen LogP contribution in [-0.2, 0) is 92.8 Å². The number of amides is 10. The molecule has 10 amide bonds. The predicted molar refractivity (Wildman–Crippen MR) is 428 cm³/mol. The Balaban J connectivity index is 0.570. The Labute approximate surface area is 677 Å². The number of anilines is 3. The molecule has 33 nitrogen and oxygen atoms in total.